The van der Waals surface area contributed by atoms with Gasteiger partial charge in [0.25, 0.3) is 5.91 Å². The first-order valence-electron chi connectivity index (χ1n) is 6.38. The summed E-state index contributed by atoms with van der Waals surface area (Å²) in [5.74, 6) is -0.00254. The zero-order valence-electron chi connectivity index (χ0n) is 11.4. The average Bonchev–Trinajstić information content (AvgIpc) is 2.99. The van der Waals surface area contributed by atoms with Crippen molar-refractivity contribution >= 4 is 22.2 Å². The lowest BCUT2D eigenvalue weighted by atomic mass is 10.2. The van der Waals surface area contributed by atoms with E-state index in [9.17, 15) is 4.79 Å². The average molecular weight is 285 g/mol. The Labute approximate surface area is 121 Å². The minimum atomic E-state index is -0.00254. The van der Waals surface area contributed by atoms with E-state index in [0.29, 0.717) is 12.2 Å². The molecule has 20 heavy (non-hydrogen) atoms. The quantitative estimate of drug-likeness (QED) is 0.742. The summed E-state index contributed by atoms with van der Waals surface area (Å²) in [7, 11) is 1.82. The lowest BCUT2D eigenvalue weighted by Crippen LogP contribution is -2.27. The fourth-order valence-electron chi connectivity index (χ4n) is 2.26. The van der Waals surface area contributed by atoms with E-state index in [2.05, 4.69) is 4.98 Å². The Morgan fingerprint density at radius 3 is 2.85 bits per heavy atom. The number of benzene rings is 1. The van der Waals surface area contributed by atoms with Gasteiger partial charge >= 0.3 is 0 Å². The highest BCUT2D eigenvalue weighted by molar-refractivity contribution is 7.15. The molecular weight excluding hydrogens is 270 g/mol. The zero-order valence-corrected chi connectivity index (χ0v) is 12.2. The van der Waals surface area contributed by atoms with Gasteiger partial charge in [-0.2, -0.15) is 0 Å². The van der Waals surface area contributed by atoms with Crippen molar-refractivity contribution < 1.29 is 4.79 Å². The number of amides is 1. The van der Waals surface area contributed by atoms with E-state index in [0.717, 1.165) is 16.2 Å². The Balaban J connectivity index is 1.88. The highest BCUT2D eigenvalue weighted by Crippen LogP contribution is 2.18. The van der Waals surface area contributed by atoms with Crippen LogP contribution in [-0.2, 0) is 6.54 Å². The van der Waals surface area contributed by atoms with E-state index >= 15 is 0 Å². The maximum atomic E-state index is 12.6. The lowest BCUT2D eigenvalue weighted by molar-refractivity contribution is 0.0777. The molecule has 0 fully saturated rings. The number of fused-ring (bicyclic) bond motifs is 1. The summed E-state index contributed by atoms with van der Waals surface area (Å²) in [4.78, 5) is 19.6. The second-order valence-electron chi connectivity index (χ2n) is 4.75. The molecule has 0 saturated carbocycles. The third-order valence-electron chi connectivity index (χ3n) is 3.25. The Hall–Kier alpha value is -2.14. The Bertz CT molecular complexity index is 745. The lowest BCUT2D eigenvalue weighted by Gasteiger charge is -2.17. The van der Waals surface area contributed by atoms with Crippen LogP contribution in [0.5, 0.6) is 0 Å². The molecule has 0 saturated heterocycles. The molecule has 0 bridgehead atoms. The van der Waals surface area contributed by atoms with Crippen molar-refractivity contribution in [3.05, 3.63) is 58.9 Å². The topological polar surface area (TPSA) is 37.6 Å². The van der Waals surface area contributed by atoms with Crippen molar-refractivity contribution in [1.82, 2.24) is 14.3 Å². The molecule has 2 aromatic heterocycles. The van der Waals surface area contributed by atoms with Crippen LogP contribution in [0.15, 0.2) is 41.9 Å². The second kappa shape index (κ2) is 5.09. The van der Waals surface area contributed by atoms with Gasteiger partial charge in [0.15, 0.2) is 4.96 Å². The van der Waals surface area contributed by atoms with Crippen LogP contribution in [0.1, 0.15) is 21.7 Å². The molecule has 0 unspecified atom stereocenters. The summed E-state index contributed by atoms with van der Waals surface area (Å²) in [6.07, 6.45) is 1.89. The fraction of sp³-hybridized carbons (Fsp3) is 0.200. The van der Waals surface area contributed by atoms with Crippen LogP contribution in [0.4, 0.5) is 0 Å². The third-order valence-corrected chi connectivity index (χ3v) is 4.00. The molecule has 0 spiro atoms. The highest BCUT2D eigenvalue weighted by Gasteiger charge is 2.20. The predicted octanol–water partition coefficient (Wildman–Crippen LogP) is 2.98. The molecule has 4 nitrogen and oxygen atoms in total. The number of carbonyl (C=O) groups is 1. The molecule has 3 rings (SSSR count). The maximum Gasteiger partial charge on any atom is 0.272 e. The molecule has 2 heterocycles. The molecule has 0 aliphatic heterocycles. The van der Waals surface area contributed by atoms with Gasteiger partial charge in [-0.05, 0) is 12.5 Å². The number of carbonyl (C=O) groups excluding carboxylic acids is 1. The van der Waals surface area contributed by atoms with Crippen molar-refractivity contribution in [3.8, 4) is 0 Å². The van der Waals surface area contributed by atoms with Crippen molar-refractivity contribution in [2.24, 2.45) is 0 Å². The molecule has 0 N–H and O–H groups in total. The van der Waals surface area contributed by atoms with Crippen LogP contribution in [-0.4, -0.2) is 27.2 Å². The first-order valence-corrected chi connectivity index (χ1v) is 7.26. The molecule has 3 aromatic rings. The van der Waals surface area contributed by atoms with E-state index in [-0.39, 0.29) is 5.91 Å². The Kier molecular flexibility index (Phi) is 3.28. The van der Waals surface area contributed by atoms with Crippen molar-refractivity contribution in [2.75, 3.05) is 7.05 Å². The van der Waals surface area contributed by atoms with Gasteiger partial charge in [-0.3, -0.25) is 9.20 Å². The smallest absolute Gasteiger partial charge is 0.272 e. The summed E-state index contributed by atoms with van der Waals surface area (Å²) >= 11 is 1.54. The molecule has 0 radical (unpaired) electrons. The number of thiazole rings is 1. The van der Waals surface area contributed by atoms with Gasteiger partial charge in [0.05, 0.1) is 5.69 Å². The summed E-state index contributed by atoms with van der Waals surface area (Å²) in [5, 5.41) is 1.94. The number of hydrogen-bond acceptors (Lipinski definition) is 3. The minimum absolute atomic E-state index is 0.00254. The van der Waals surface area contributed by atoms with E-state index in [4.69, 9.17) is 0 Å². The first-order chi connectivity index (χ1) is 9.66. The van der Waals surface area contributed by atoms with Gasteiger partial charge in [0.2, 0.25) is 0 Å². The number of rotatable bonds is 3. The predicted molar refractivity (Wildman–Crippen MR) is 80.0 cm³/mol. The standard InChI is InChI=1S/C15H15N3OS/c1-11-13(18-8-9-20-15(18)16-11)14(19)17(2)10-12-6-4-3-5-7-12/h3-9H,10H2,1-2H3. The first kappa shape index (κ1) is 12.9. The van der Waals surface area contributed by atoms with Crippen LogP contribution < -0.4 is 0 Å². The van der Waals surface area contributed by atoms with Crippen molar-refractivity contribution in [3.63, 3.8) is 0 Å². The van der Waals surface area contributed by atoms with Gasteiger partial charge < -0.3 is 4.90 Å². The van der Waals surface area contributed by atoms with Crippen LogP contribution in [0.3, 0.4) is 0 Å². The summed E-state index contributed by atoms with van der Waals surface area (Å²) in [6, 6.07) is 9.98. The number of imidazole rings is 1. The number of nitrogens with zero attached hydrogens (tertiary/aromatic N) is 3. The highest BCUT2D eigenvalue weighted by atomic mass is 32.1. The third kappa shape index (κ3) is 2.20. The summed E-state index contributed by atoms with van der Waals surface area (Å²) < 4.78 is 1.86. The van der Waals surface area contributed by atoms with Crippen LogP contribution in [0.25, 0.3) is 4.96 Å². The SMILES string of the molecule is Cc1nc2sccn2c1C(=O)N(C)Cc1ccccc1. The van der Waals surface area contributed by atoms with Crippen LogP contribution in [0, 0.1) is 6.92 Å². The summed E-state index contributed by atoms with van der Waals surface area (Å²) in [5.41, 5.74) is 2.55. The van der Waals surface area contributed by atoms with Gasteiger partial charge in [-0.1, -0.05) is 30.3 Å². The van der Waals surface area contributed by atoms with E-state index < -0.39 is 0 Å². The normalized spacial score (nSPS) is 10.9. The van der Waals surface area contributed by atoms with Crippen molar-refractivity contribution in [1.29, 1.82) is 0 Å². The van der Waals surface area contributed by atoms with Crippen molar-refractivity contribution in [2.45, 2.75) is 13.5 Å². The Morgan fingerprint density at radius 2 is 2.10 bits per heavy atom. The monoisotopic (exact) mass is 285 g/mol. The largest absolute Gasteiger partial charge is 0.336 e. The van der Waals surface area contributed by atoms with Gasteiger partial charge in [0.1, 0.15) is 5.69 Å². The van der Waals surface area contributed by atoms with Crippen LogP contribution in [0.2, 0.25) is 0 Å². The molecule has 102 valence electrons. The van der Waals surface area contributed by atoms with Crippen LogP contribution >= 0.6 is 11.3 Å². The van der Waals surface area contributed by atoms with Gasteiger partial charge in [-0.15, -0.1) is 11.3 Å². The molecule has 1 amide bonds. The molecule has 0 atom stereocenters. The van der Waals surface area contributed by atoms with E-state index in [1.165, 1.54) is 11.3 Å². The fourth-order valence-corrected chi connectivity index (χ4v) is 3.02. The minimum Gasteiger partial charge on any atom is -0.336 e. The molecule has 0 aliphatic carbocycles. The number of aromatic nitrogens is 2. The second-order valence-corrected chi connectivity index (χ2v) is 5.62. The van der Waals surface area contributed by atoms with E-state index in [1.807, 2.05) is 60.3 Å². The maximum absolute atomic E-state index is 12.6. The van der Waals surface area contributed by atoms with Gasteiger partial charge in [-0.25, -0.2) is 4.98 Å². The van der Waals surface area contributed by atoms with E-state index in [1.54, 1.807) is 4.90 Å². The zero-order chi connectivity index (χ0) is 14.1. The molecule has 0 aliphatic rings. The molecular formula is C15H15N3OS. The molecule has 5 heteroatoms. The molecule has 1 aromatic carbocycles. The van der Waals surface area contributed by atoms with Gasteiger partial charge in [0, 0.05) is 25.2 Å². The summed E-state index contributed by atoms with van der Waals surface area (Å²) in [6.45, 7) is 2.47. The number of aryl methyl sites for hydroxylation is 1. The Morgan fingerprint density at radius 1 is 1.35 bits per heavy atom. The number of hydrogen-bond donors (Lipinski definition) is 0.